The van der Waals surface area contributed by atoms with Gasteiger partial charge in [0.2, 0.25) is 6.79 Å². The maximum Gasteiger partial charge on any atom is 0.231 e. The lowest BCUT2D eigenvalue weighted by Crippen LogP contribution is -2.27. The van der Waals surface area contributed by atoms with Gasteiger partial charge in [-0.15, -0.1) is 0 Å². The predicted octanol–water partition coefficient (Wildman–Crippen LogP) is 3.03. The summed E-state index contributed by atoms with van der Waals surface area (Å²) in [5.41, 5.74) is 0.950. The van der Waals surface area contributed by atoms with E-state index < -0.39 is 0 Å². The van der Waals surface area contributed by atoms with Crippen molar-refractivity contribution in [3.8, 4) is 11.5 Å². The van der Waals surface area contributed by atoms with Crippen LogP contribution in [0.15, 0.2) is 12.1 Å². The van der Waals surface area contributed by atoms with E-state index in [1.165, 1.54) is 19.3 Å². The van der Waals surface area contributed by atoms with Crippen molar-refractivity contribution in [3.05, 3.63) is 17.2 Å². The third-order valence-electron chi connectivity index (χ3n) is 2.93. The summed E-state index contributed by atoms with van der Waals surface area (Å²) in [6, 6.07) is 4.30. The molecule has 0 atom stereocenters. The Labute approximate surface area is 93.3 Å². The van der Waals surface area contributed by atoms with Crippen molar-refractivity contribution in [3.63, 3.8) is 0 Å². The highest BCUT2D eigenvalue weighted by molar-refractivity contribution is 6.33. The monoisotopic (exact) mass is 225 g/mol. The quantitative estimate of drug-likeness (QED) is 0.839. The number of halogens is 1. The molecular weight excluding hydrogens is 214 g/mol. The van der Waals surface area contributed by atoms with Crippen molar-refractivity contribution in [2.45, 2.75) is 25.3 Å². The van der Waals surface area contributed by atoms with Crippen LogP contribution in [0, 0.1) is 0 Å². The number of hydrogen-bond acceptors (Lipinski definition) is 3. The molecule has 3 rings (SSSR count). The van der Waals surface area contributed by atoms with Crippen molar-refractivity contribution in [1.29, 1.82) is 0 Å². The predicted molar refractivity (Wildman–Crippen MR) is 58.8 cm³/mol. The van der Waals surface area contributed by atoms with Gasteiger partial charge in [-0.3, -0.25) is 0 Å². The van der Waals surface area contributed by atoms with Crippen molar-refractivity contribution in [2.75, 3.05) is 12.1 Å². The number of rotatable bonds is 2. The Kier molecular flexibility index (Phi) is 2.13. The van der Waals surface area contributed by atoms with Gasteiger partial charge in [0.25, 0.3) is 0 Å². The van der Waals surface area contributed by atoms with Crippen molar-refractivity contribution >= 4 is 17.3 Å². The van der Waals surface area contributed by atoms with Crippen LogP contribution in [0.5, 0.6) is 11.5 Å². The molecule has 1 heterocycles. The Morgan fingerprint density at radius 3 is 2.60 bits per heavy atom. The van der Waals surface area contributed by atoms with Crippen molar-refractivity contribution in [1.82, 2.24) is 0 Å². The van der Waals surface area contributed by atoms with Gasteiger partial charge in [0, 0.05) is 18.2 Å². The van der Waals surface area contributed by atoms with Crippen LogP contribution in [0.1, 0.15) is 19.3 Å². The molecule has 0 unspecified atom stereocenters. The molecule has 0 saturated heterocycles. The molecule has 0 aromatic heterocycles. The van der Waals surface area contributed by atoms with Crippen LogP contribution in [-0.4, -0.2) is 12.8 Å². The fourth-order valence-corrected chi connectivity index (χ4v) is 2.01. The zero-order valence-corrected chi connectivity index (χ0v) is 9.01. The molecule has 1 aliphatic heterocycles. The van der Waals surface area contributed by atoms with Crippen LogP contribution in [0.2, 0.25) is 5.02 Å². The van der Waals surface area contributed by atoms with E-state index in [4.69, 9.17) is 21.1 Å². The van der Waals surface area contributed by atoms with Crippen LogP contribution >= 0.6 is 11.6 Å². The van der Waals surface area contributed by atoms with E-state index in [0.29, 0.717) is 17.9 Å². The average Bonchev–Trinajstić information content (AvgIpc) is 2.58. The highest BCUT2D eigenvalue weighted by Crippen LogP contribution is 2.40. The van der Waals surface area contributed by atoms with Crippen LogP contribution in [0.4, 0.5) is 5.69 Å². The molecular formula is C11H12ClNO2. The van der Waals surface area contributed by atoms with Gasteiger partial charge < -0.3 is 14.8 Å². The Morgan fingerprint density at radius 1 is 1.20 bits per heavy atom. The van der Waals surface area contributed by atoms with E-state index >= 15 is 0 Å². The molecule has 1 N–H and O–H groups in total. The minimum absolute atomic E-state index is 0.290. The topological polar surface area (TPSA) is 30.5 Å². The largest absolute Gasteiger partial charge is 0.454 e. The molecule has 15 heavy (non-hydrogen) atoms. The van der Waals surface area contributed by atoms with Crippen LogP contribution in [0.25, 0.3) is 0 Å². The van der Waals surface area contributed by atoms with Gasteiger partial charge in [0.05, 0.1) is 10.7 Å². The molecule has 1 aliphatic carbocycles. The summed E-state index contributed by atoms with van der Waals surface area (Å²) in [6.45, 7) is 0.290. The first kappa shape index (κ1) is 9.16. The Bertz CT molecular complexity index is 390. The van der Waals surface area contributed by atoms with Gasteiger partial charge in [-0.25, -0.2) is 0 Å². The zero-order valence-electron chi connectivity index (χ0n) is 8.25. The molecule has 1 aromatic rings. The normalized spacial score (nSPS) is 18.7. The Morgan fingerprint density at radius 2 is 1.93 bits per heavy atom. The molecule has 80 valence electrons. The minimum Gasteiger partial charge on any atom is -0.454 e. The molecule has 3 nitrogen and oxygen atoms in total. The maximum atomic E-state index is 6.14. The summed E-state index contributed by atoms with van der Waals surface area (Å²) in [7, 11) is 0. The smallest absolute Gasteiger partial charge is 0.231 e. The van der Waals surface area contributed by atoms with Gasteiger partial charge >= 0.3 is 0 Å². The molecule has 1 saturated carbocycles. The second kappa shape index (κ2) is 3.49. The third-order valence-corrected chi connectivity index (χ3v) is 3.24. The molecule has 0 bridgehead atoms. The summed E-state index contributed by atoms with van der Waals surface area (Å²) in [5, 5.41) is 4.11. The van der Waals surface area contributed by atoms with Gasteiger partial charge in [-0.05, 0) is 19.3 Å². The zero-order chi connectivity index (χ0) is 10.3. The highest BCUT2D eigenvalue weighted by atomic mass is 35.5. The highest BCUT2D eigenvalue weighted by Gasteiger charge is 2.21. The Hall–Kier alpha value is -1.09. The molecule has 1 fully saturated rings. The van der Waals surface area contributed by atoms with Crippen LogP contribution in [-0.2, 0) is 0 Å². The molecule has 0 spiro atoms. The fourth-order valence-electron chi connectivity index (χ4n) is 1.80. The summed E-state index contributed by atoms with van der Waals surface area (Å²) < 4.78 is 10.6. The van der Waals surface area contributed by atoms with Gasteiger partial charge in [0.15, 0.2) is 11.5 Å². The maximum absolute atomic E-state index is 6.14. The first-order valence-electron chi connectivity index (χ1n) is 5.18. The summed E-state index contributed by atoms with van der Waals surface area (Å²) in [6.07, 6.45) is 3.76. The third kappa shape index (κ3) is 1.61. The minimum atomic E-state index is 0.290. The van der Waals surface area contributed by atoms with E-state index in [1.54, 1.807) is 0 Å². The SMILES string of the molecule is Clc1cc2c(cc1NC1CCC1)OCO2. The van der Waals surface area contributed by atoms with Crippen LogP contribution < -0.4 is 14.8 Å². The summed E-state index contributed by atoms with van der Waals surface area (Å²) in [5.74, 6) is 1.51. The molecule has 0 radical (unpaired) electrons. The van der Waals surface area contributed by atoms with Gasteiger partial charge in [-0.1, -0.05) is 11.6 Å². The first-order chi connectivity index (χ1) is 7.33. The molecule has 2 aliphatic rings. The van der Waals surface area contributed by atoms with Gasteiger partial charge in [0.1, 0.15) is 0 Å². The summed E-state index contributed by atoms with van der Waals surface area (Å²) in [4.78, 5) is 0. The lowest BCUT2D eigenvalue weighted by molar-refractivity contribution is 0.174. The number of ether oxygens (including phenoxy) is 2. The average molecular weight is 226 g/mol. The van der Waals surface area contributed by atoms with Crippen molar-refractivity contribution in [2.24, 2.45) is 0 Å². The number of fused-ring (bicyclic) bond motifs is 1. The fraction of sp³-hybridized carbons (Fsp3) is 0.455. The molecule has 1 aromatic carbocycles. The summed E-state index contributed by atoms with van der Waals surface area (Å²) >= 11 is 6.14. The Balaban J connectivity index is 1.86. The van der Waals surface area contributed by atoms with Crippen molar-refractivity contribution < 1.29 is 9.47 Å². The number of anilines is 1. The first-order valence-corrected chi connectivity index (χ1v) is 5.56. The lowest BCUT2D eigenvalue weighted by atomic mass is 9.93. The standard InChI is InChI=1S/C11H12ClNO2/c12-8-4-10-11(15-6-14-10)5-9(8)13-7-2-1-3-7/h4-5,7,13H,1-3,6H2. The van der Waals surface area contributed by atoms with E-state index in [2.05, 4.69) is 5.32 Å². The van der Waals surface area contributed by atoms with E-state index in [9.17, 15) is 0 Å². The van der Waals surface area contributed by atoms with E-state index in [1.807, 2.05) is 12.1 Å². The molecule has 0 amide bonds. The lowest BCUT2D eigenvalue weighted by Gasteiger charge is -2.28. The second-order valence-corrected chi connectivity index (χ2v) is 4.36. The number of nitrogens with one attached hydrogen (secondary N) is 1. The number of benzene rings is 1. The number of hydrogen-bond donors (Lipinski definition) is 1. The van der Waals surface area contributed by atoms with E-state index in [0.717, 1.165) is 17.2 Å². The molecule has 4 heteroatoms. The van der Waals surface area contributed by atoms with Crippen LogP contribution in [0.3, 0.4) is 0 Å². The van der Waals surface area contributed by atoms with Gasteiger partial charge in [-0.2, -0.15) is 0 Å². The second-order valence-electron chi connectivity index (χ2n) is 3.96. The van der Waals surface area contributed by atoms with E-state index in [-0.39, 0.29) is 0 Å².